The van der Waals surface area contributed by atoms with E-state index < -0.39 is 22.0 Å². The van der Waals surface area contributed by atoms with Crippen LogP contribution < -0.4 is 16.0 Å². The molecular formula is C34H26BrN5O5S2. The molecule has 0 saturated heterocycles. The van der Waals surface area contributed by atoms with E-state index in [0.29, 0.717) is 21.3 Å². The Kier molecular flexibility index (Phi) is 10.9. The fraction of sp³-hybridized carbons (Fsp3) is 0.0588. The van der Waals surface area contributed by atoms with E-state index in [1.165, 1.54) is 47.4 Å². The third-order valence-electron chi connectivity index (χ3n) is 6.61. The first-order valence-corrected chi connectivity index (χ1v) is 16.6. The maximum absolute atomic E-state index is 13.5. The summed E-state index contributed by atoms with van der Waals surface area (Å²) in [5.41, 5.74) is 2.13. The van der Waals surface area contributed by atoms with Crippen LogP contribution >= 0.6 is 39.0 Å². The zero-order chi connectivity index (χ0) is 33.3. The summed E-state index contributed by atoms with van der Waals surface area (Å²) in [7, 11) is 0. The normalized spacial score (nSPS) is 11.7. The lowest BCUT2D eigenvalue weighted by molar-refractivity contribution is -0.385. The zero-order valence-electron chi connectivity index (χ0n) is 24.7. The van der Waals surface area contributed by atoms with Gasteiger partial charge in [-0.25, -0.2) is 4.98 Å². The minimum Gasteiger partial charge on any atom is -0.321 e. The Hall–Kier alpha value is -5.11. The van der Waals surface area contributed by atoms with E-state index in [4.69, 9.17) is 0 Å². The van der Waals surface area contributed by atoms with E-state index in [0.717, 1.165) is 15.7 Å². The van der Waals surface area contributed by atoms with Crippen molar-refractivity contribution >= 4 is 79.3 Å². The summed E-state index contributed by atoms with van der Waals surface area (Å²) in [6, 6.07) is 28.8. The number of halogens is 1. The van der Waals surface area contributed by atoms with Crippen molar-refractivity contribution in [2.24, 2.45) is 0 Å². The lowest BCUT2D eigenvalue weighted by atomic mass is 10.1. The molecule has 0 spiro atoms. The monoisotopic (exact) mass is 727 g/mol. The number of thioether (sulfide) groups is 1. The van der Waals surface area contributed by atoms with Gasteiger partial charge in [0.1, 0.15) is 5.70 Å². The van der Waals surface area contributed by atoms with Crippen molar-refractivity contribution in [3.63, 3.8) is 0 Å². The molecule has 4 aromatic carbocycles. The fourth-order valence-electron chi connectivity index (χ4n) is 4.27. The van der Waals surface area contributed by atoms with Crippen molar-refractivity contribution in [1.82, 2.24) is 10.3 Å². The van der Waals surface area contributed by atoms with Crippen molar-refractivity contribution in [2.45, 2.75) is 17.1 Å². The van der Waals surface area contributed by atoms with Gasteiger partial charge in [-0.1, -0.05) is 64.5 Å². The maximum Gasteiger partial charge on any atom is 0.276 e. The Morgan fingerprint density at radius 3 is 2.40 bits per heavy atom. The van der Waals surface area contributed by atoms with Crippen LogP contribution in [-0.2, 0) is 9.59 Å². The number of hydrogen-bond acceptors (Lipinski definition) is 8. The third kappa shape index (κ3) is 9.00. The Balaban J connectivity index is 1.28. The highest BCUT2D eigenvalue weighted by Gasteiger charge is 2.20. The number of hydrogen-bond donors (Lipinski definition) is 3. The third-order valence-corrected chi connectivity index (χ3v) is 8.99. The second-order valence-corrected chi connectivity index (χ2v) is 13.2. The quantitative estimate of drug-likeness (QED) is 0.0541. The second kappa shape index (κ2) is 15.5. The van der Waals surface area contributed by atoms with Gasteiger partial charge in [-0.05, 0) is 61.5 Å². The van der Waals surface area contributed by atoms with Gasteiger partial charge < -0.3 is 16.0 Å². The van der Waals surface area contributed by atoms with Crippen molar-refractivity contribution in [1.29, 1.82) is 0 Å². The van der Waals surface area contributed by atoms with Gasteiger partial charge in [0.15, 0.2) is 5.13 Å². The number of anilines is 2. The van der Waals surface area contributed by atoms with Crippen LogP contribution in [0.2, 0.25) is 0 Å². The number of nitrogens with zero attached hydrogens (tertiary/aromatic N) is 2. The Morgan fingerprint density at radius 2 is 1.66 bits per heavy atom. The molecular weight excluding hydrogens is 702 g/mol. The number of para-hydroxylation sites is 1. The van der Waals surface area contributed by atoms with E-state index >= 15 is 0 Å². The number of nitrogens with one attached hydrogen (secondary N) is 3. The van der Waals surface area contributed by atoms with E-state index in [-0.39, 0.29) is 22.9 Å². The van der Waals surface area contributed by atoms with Gasteiger partial charge in [0, 0.05) is 37.6 Å². The summed E-state index contributed by atoms with van der Waals surface area (Å²) in [6.07, 6.45) is 1.26. The molecule has 0 fully saturated rings. The highest BCUT2D eigenvalue weighted by molar-refractivity contribution is 9.10. The SMILES string of the molecule is CC(Sc1cccc(NC(=O)/C(=C\c2ccccc2[N+](=O)[O-])NC(=O)c2ccccc2)c1)C(=O)Nc1nc(-c2ccc(Br)cc2)cs1. The van der Waals surface area contributed by atoms with E-state index in [9.17, 15) is 24.5 Å². The minimum atomic E-state index is -0.689. The number of rotatable bonds is 11. The minimum absolute atomic E-state index is 0.143. The molecule has 0 aliphatic carbocycles. The average molecular weight is 729 g/mol. The van der Waals surface area contributed by atoms with E-state index in [2.05, 4.69) is 36.9 Å². The lowest BCUT2D eigenvalue weighted by Crippen LogP contribution is -2.30. The fourth-order valence-corrected chi connectivity index (χ4v) is 6.18. The number of carbonyl (C=O) groups excluding carboxylic acids is 3. The second-order valence-electron chi connectivity index (χ2n) is 9.97. The van der Waals surface area contributed by atoms with Crippen LogP contribution in [0.15, 0.2) is 124 Å². The highest BCUT2D eigenvalue weighted by Crippen LogP contribution is 2.29. The molecule has 10 nitrogen and oxygen atoms in total. The van der Waals surface area contributed by atoms with Crippen LogP contribution in [-0.4, -0.2) is 32.9 Å². The van der Waals surface area contributed by atoms with Crippen LogP contribution in [0, 0.1) is 10.1 Å². The van der Waals surface area contributed by atoms with Crippen LogP contribution in [0.3, 0.4) is 0 Å². The summed E-state index contributed by atoms with van der Waals surface area (Å²) >= 11 is 6.04. The van der Waals surface area contributed by atoms with Crippen LogP contribution in [0.5, 0.6) is 0 Å². The Bertz CT molecular complexity index is 1970. The maximum atomic E-state index is 13.5. The van der Waals surface area contributed by atoms with Crippen LogP contribution in [0.4, 0.5) is 16.5 Å². The van der Waals surface area contributed by atoms with Crippen LogP contribution in [0.25, 0.3) is 17.3 Å². The average Bonchev–Trinajstić information content (AvgIpc) is 3.53. The van der Waals surface area contributed by atoms with Gasteiger partial charge in [-0.3, -0.25) is 24.5 Å². The molecule has 0 aliphatic heterocycles. The summed E-state index contributed by atoms with van der Waals surface area (Å²) in [4.78, 5) is 55.7. The molecule has 0 aliphatic rings. The van der Waals surface area contributed by atoms with Gasteiger partial charge in [0.2, 0.25) is 5.91 Å². The predicted molar refractivity (Wildman–Crippen MR) is 189 cm³/mol. The van der Waals surface area contributed by atoms with Gasteiger partial charge in [-0.15, -0.1) is 23.1 Å². The first-order valence-electron chi connectivity index (χ1n) is 14.1. The van der Waals surface area contributed by atoms with Gasteiger partial charge in [-0.2, -0.15) is 0 Å². The van der Waals surface area contributed by atoms with Crippen molar-refractivity contribution < 1.29 is 19.3 Å². The summed E-state index contributed by atoms with van der Waals surface area (Å²) < 4.78 is 0.963. The van der Waals surface area contributed by atoms with Crippen molar-refractivity contribution in [2.75, 3.05) is 10.6 Å². The zero-order valence-corrected chi connectivity index (χ0v) is 27.9. The molecule has 1 unspecified atom stereocenters. The molecule has 0 bridgehead atoms. The first-order chi connectivity index (χ1) is 22.7. The number of aromatic nitrogens is 1. The number of nitro benzene ring substituents is 1. The number of amides is 3. The molecule has 3 N–H and O–H groups in total. The highest BCUT2D eigenvalue weighted by atomic mass is 79.9. The van der Waals surface area contributed by atoms with Gasteiger partial charge >= 0.3 is 0 Å². The molecule has 47 heavy (non-hydrogen) atoms. The standard InChI is InChI=1S/C34H26BrN5O5S2/c1-21(31(41)39-34-38-29(20-46-34)22-14-16-25(35)17-15-22)47-27-12-7-11-26(19-27)36-33(43)28(37-32(42)23-8-3-2-4-9-23)18-24-10-5-6-13-30(24)40(44)45/h2-21H,1H3,(H,36,43)(H,37,42)(H,38,39,41)/b28-18+. The predicted octanol–water partition coefficient (Wildman–Crippen LogP) is 8.01. The largest absolute Gasteiger partial charge is 0.321 e. The van der Waals surface area contributed by atoms with Gasteiger partial charge in [0.25, 0.3) is 17.5 Å². The molecule has 5 aromatic rings. The Morgan fingerprint density at radius 1 is 0.936 bits per heavy atom. The van der Waals surface area contributed by atoms with Crippen molar-refractivity contribution in [3.8, 4) is 11.3 Å². The molecule has 3 amide bonds. The molecule has 236 valence electrons. The number of carbonyl (C=O) groups is 3. The molecule has 1 aromatic heterocycles. The number of nitro groups is 1. The van der Waals surface area contributed by atoms with E-state index in [1.807, 2.05) is 29.6 Å². The summed E-state index contributed by atoms with van der Waals surface area (Å²) in [5.74, 6) is -1.48. The first kappa shape index (κ1) is 33.3. The molecule has 13 heteroatoms. The number of benzene rings is 4. The van der Waals surface area contributed by atoms with Crippen molar-refractivity contribution in [3.05, 3.63) is 140 Å². The Labute approximate surface area is 286 Å². The lowest BCUT2D eigenvalue weighted by Gasteiger charge is -2.13. The molecule has 0 saturated carbocycles. The van der Waals surface area contributed by atoms with Gasteiger partial charge in [0.05, 0.1) is 21.4 Å². The summed E-state index contributed by atoms with van der Waals surface area (Å²) in [6.45, 7) is 1.77. The topological polar surface area (TPSA) is 143 Å². The summed E-state index contributed by atoms with van der Waals surface area (Å²) in [5, 5.41) is 21.7. The number of thiazole rings is 1. The van der Waals surface area contributed by atoms with Crippen LogP contribution in [0.1, 0.15) is 22.8 Å². The molecule has 1 atom stereocenters. The van der Waals surface area contributed by atoms with E-state index in [1.54, 1.807) is 67.6 Å². The molecule has 5 rings (SSSR count). The molecule has 1 heterocycles. The molecule has 0 radical (unpaired) electrons. The smallest absolute Gasteiger partial charge is 0.276 e.